The first-order valence-electron chi connectivity index (χ1n) is 9.01. The number of hydrogen-bond acceptors (Lipinski definition) is 4. The minimum absolute atomic E-state index is 0.159. The van der Waals surface area contributed by atoms with Crippen molar-refractivity contribution in [2.45, 2.75) is 6.61 Å². The molecule has 5 nitrogen and oxygen atoms in total. The normalized spacial score (nSPS) is 10.2. The minimum Gasteiger partial charge on any atom is -0.493 e. The van der Waals surface area contributed by atoms with Crippen molar-refractivity contribution in [3.63, 3.8) is 0 Å². The van der Waals surface area contributed by atoms with Gasteiger partial charge in [-0.3, -0.25) is 4.79 Å². The van der Waals surface area contributed by atoms with Gasteiger partial charge >= 0.3 is 0 Å². The molecule has 0 aliphatic rings. The summed E-state index contributed by atoms with van der Waals surface area (Å²) in [5.74, 6) is 1.17. The maximum atomic E-state index is 12.7. The number of ether oxygens (including phenoxy) is 2. The van der Waals surface area contributed by atoms with Crippen molar-refractivity contribution < 1.29 is 14.3 Å². The van der Waals surface area contributed by atoms with Crippen LogP contribution in [-0.2, 0) is 6.61 Å². The molecule has 0 aliphatic heterocycles. The molecule has 0 aromatic heterocycles. The molecule has 0 atom stereocenters. The fourth-order valence-electron chi connectivity index (χ4n) is 2.78. The zero-order chi connectivity index (χ0) is 19.9. The van der Waals surface area contributed by atoms with Crippen LogP contribution >= 0.6 is 0 Å². The fourth-order valence-corrected chi connectivity index (χ4v) is 2.78. The van der Waals surface area contributed by atoms with Crippen molar-refractivity contribution in [3.8, 4) is 11.5 Å². The van der Waals surface area contributed by atoms with E-state index < -0.39 is 0 Å². The third kappa shape index (κ3) is 4.62. The predicted octanol–water partition coefficient (Wildman–Crippen LogP) is 4.59. The molecule has 0 aliphatic carbocycles. The Morgan fingerprint density at radius 3 is 2.39 bits per heavy atom. The smallest absolute Gasteiger partial charge is 0.255 e. The molecule has 3 aromatic carbocycles. The number of hydrogen-bond donors (Lipinski definition) is 1. The lowest BCUT2D eigenvalue weighted by Gasteiger charge is -2.15. The van der Waals surface area contributed by atoms with E-state index in [4.69, 9.17) is 9.47 Å². The highest BCUT2D eigenvalue weighted by molar-refractivity contribution is 6.05. The Morgan fingerprint density at radius 1 is 0.929 bits per heavy atom. The van der Waals surface area contributed by atoms with Gasteiger partial charge in [0.25, 0.3) is 5.91 Å². The van der Waals surface area contributed by atoms with E-state index in [9.17, 15) is 4.79 Å². The second-order valence-corrected chi connectivity index (χ2v) is 6.50. The summed E-state index contributed by atoms with van der Waals surface area (Å²) in [5, 5.41) is 2.99. The molecule has 3 aromatic rings. The Bertz CT molecular complexity index is 954. The minimum atomic E-state index is -0.159. The molecule has 0 unspecified atom stereocenters. The highest BCUT2D eigenvalue weighted by Crippen LogP contribution is 2.28. The number of carbonyl (C=O) groups is 1. The third-order valence-corrected chi connectivity index (χ3v) is 4.34. The van der Waals surface area contributed by atoms with Crippen molar-refractivity contribution in [2.24, 2.45) is 0 Å². The van der Waals surface area contributed by atoms with E-state index in [-0.39, 0.29) is 5.91 Å². The van der Waals surface area contributed by atoms with Gasteiger partial charge in [-0.1, -0.05) is 36.4 Å². The Balaban J connectivity index is 1.75. The first kappa shape index (κ1) is 19.3. The Morgan fingerprint density at radius 2 is 1.64 bits per heavy atom. The number of benzene rings is 3. The summed E-state index contributed by atoms with van der Waals surface area (Å²) in [4.78, 5) is 14.7. The molecule has 0 saturated carbocycles. The number of carbonyl (C=O) groups excluding carboxylic acids is 1. The topological polar surface area (TPSA) is 50.8 Å². The lowest BCUT2D eigenvalue weighted by atomic mass is 10.1. The van der Waals surface area contributed by atoms with E-state index >= 15 is 0 Å². The standard InChI is InChI=1S/C23H24N2O3/c1-25(2)19-11-8-10-17(15-19)23(26)24-20-12-5-4-9-18(20)16-28-22-14-7-6-13-21(22)27-3/h4-15H,16H2,1-3H3,(H,24,26). The van der Waals surface area contributed by atoms with Crippen molar-refractivity contribution in [3.05, 3.63) is 83.9 Å². The number of anilines is 2. The predicted molar refractivity (Wildman–Crippen MR) is 112 cm³/mol. The second-order valence-electron chi connectivity index (χ2n) is 6.50. The maximum Gasteiger partial charge on any atom is 0.255 e. The molecule has 0 fully saturated rings. The van der Waals surface area contributed by atoms with Crippen LogP contribution in [0.2, 0.25) is 0 Å². The highest BCUT2D eigenvalue weighted by atomic mass is 16.5. The summed E-state index contributed by atoms with van der Waals surface area (Å²) in [7, 11) is 5.50. The summed E-state index contributed by atoms with van der Waals surface area (Å²) in [6.07, 6.45) is 0. The molecule has 5 heteroatoms. The van der Waals surface area contributed by atoms with E-state index in [2.05, 4.69) is 5.32 Å². The SMILES string of the molecule is COc1ccccc1OCc1ccccc1NC(=O)c1cccc(N(C)C)c1. The lowest BCUT2D eigenvalue weighted by Crippen LogP contribution is -2.15. The van der Waals surface area contributed by atoms with Crippen LogP contribution in [-0.4, -0.2) is 27.1 Å². The number of rotatable bonds is 7. The number of para-hydroxylation sites is 3. The first-order valence-corrected chi connectivity index (χ1v) is 9.01. The molecular weight excluding hydrogens is 352 g/mol. The average Bonchev–Trinajstić information content (AvgIpc) is 2.73. The van der Waals surface area contributed by atoms with Gasteiger partial charge in [-0.25, -0.2) is 0 Å². The van der Waals surface area contributed by atoms with E-state index in [1.54, 1.807) is 13.2 Å². The van der Waals surface area contributed by atoms with E-state index in [1.165, 1.54) is 0 Å². The van der Waals surface area contributed by atoms with Gasteiger partial charge in [-0.15, -0.1) is 0 Å². The number of nitrogens with zero attached hydrogens (tertiary/aromatic N) is 1. The van der Waals surface area contributed by atoms with E-state index in [1.807, 2.05) is 85.7 Å². The van der Waals surface area contributed by atoms with Gasteiger partial charge < -0.3 is 19.7 Å². The van der Waals surface area contributed by atoms with Crippen LogP contribution in [0.3, 0.4) is 0 Å². The van der Waals surface area contributed by atoms with Crippen LogP contribution in [0.5, 0.6) is 11.5 Å². The Hall–Kier alpha value is -3.47. The molecule has 0 heterocycles. The maximum absolute atomic E-state index is 12.7. The molecule has 0 bridgehead atoms. The Labute approximate surface area is 165 Å². The summed E-state index contributed by atoms with van der Waals surface area (Å²) in [5.41, 5.74) is 3.18. The largest absolute Gasteiger partial charge is 0.493 e. The second kappa shape index (κ2) is 8.95. The molecule has 28 heavy (non-hydrogen) atoms. The fraction of sp³-hybridized carbons (Fsp3) is 0.174. The van der Waals surface area contributed by atoms with Crippen LogP contribution in [0, 0.1) is 0 Å². The molecule has 0 radical (unpaired) electrons. The summed E-state index contributed by atoms with van der Waals surface area (Å²) < 4.78 is 11.2. The zero-order valence-corrected chi connectivity index (χ0v) is 16.3. The van der Waals surface area contributed by atoms with E-state index in [0.717, 1.165) is 16.9 Å². The van der Waals surface area contributed by atoms with Crippen molar-refractivity contribution in [2.75, 3.05) is 31.4 Å². The number of amides is 1. The third-order valence-electron chi connectivity index (χ3n) is 4.34. The van der Waals surface area contributed by atoms with Crippen molar-refractivity contribution >= 4 is 17.3 Å². The molecule has 0 saturated heterocycles. The van der Waals surface area contributed by atoms with Crippen molar-refractivity contribution in [1.82, 2.24) is 0 Å². The van der Waals surface area contributed by atoms with Gasteiger partial charge in [0.1, 0.15) is 6.61 Å². The quantitative estimate of drug-likeness (QED) is 0.655. The van der Waals surface area contributed by atoms with Crippen LogP contribution in [0.4, 0.5) is 11.4 Å². The molecule has 1 amide bonds. The van der Waals surface area contributed by atoms with Crippen LogP contribution in [0.1, 0.15) is 15.9 Å². The Kier molecular flexibility index (Phi) is 6.17. The lowest BCUT2D eigenvalue weighted by molar-refractivity contribution is 0.102. The van der Waals surface area contributed by atoms with Crippen molar-refractivity contribution in [1.29, 1.82) is 0 Å². The van der Waals surface area contributed by atoms with Gasteiger partial charge in [0, 0.05) is 36.6 Å². The summed E-state index contributed by atoms with van der Waals surface area (Å²) in [6.45, 7) is 0.314. The molecule has 1 N–H and O–H groups in total. The molecule has 3 rings (SSSR count). The van der Waals surface area contributed by atoms with Crippen LogP contribution in [0.15, 0.2) is 72.8 Å². The number of nitrogens with one attached hydrogen (secondary N) is 1. The molecular formula is C23H24N2O3. The van der Waals surface area contributed by atoms with Gasteiger partial charge in [0.15, 0.2) is 11.5 Å². The summed E-state index contributed by atoms with van der Waals surface area (Å²) >= 11 is 0. The number of methoxy groups -OCH3 is 1. The van der Waals surface area contributed by atoms with Gasteiger partial charge in [0.2, 0.25) is 0 Å². The van der Waals surface area contributed by atoms with Crippen LogP contribution < -0.4 is 19.7 Å². The summed E-state index contributed by atoms with van der Waals surface area (Å²) in [6, 6.07) is 22.6. The highest BCUT2D eigenvalue weighted by Gasteiger charge is 2.11. The van der Waals surface area contributed by atoms with Gasteiger partial charge in [-0.05, 0) is 36.4 Å². The zero-order valence-electron chi connectivity index (χ0n) is 16.3. The van der Waals surface area contributed by atoms with Crippen LogP contribution in [0.25, 0.3) is 0 Å². The molecule has 144 valence electrons. The van der Waals surface area contributed by atoms with E-state index in [0.29, 0.717) is 23.7 Å². The van der Waals surface area contributed by atoms with Gasteiger partial charge in [0.05, 0.1) is 7.11 Å². The average molecular weight is 376 g/mol. The van der Waals surface area contributed by atoms with Gasteiger partial charge in [-0.2, -0.15) is 0 Å². The molecule has 0 spiro atoms. The first-order chi connectivity index (χ1) is 13.6. The monoisotopic (exact) mass is 376 g/mol.